The molecule has 1 aliphatic rings. The van der Waals surface area contributed by atoms with E-state index in [1.807, 2.05) is 18.2 Å². The molecule has 0 fully saturated rings. The number of benzene rings is 7. The minimum Gasteiger partial charge on any atom is -0.457 e. The molecule has 48 heavy (non-hydrogen) atoms. The molecule has 0 N–H and O–H groups in total. The molecular formula is C45H30N2O. The Kier molecular flexibility index (Phi) is 6.69. The van der Waals surface area contributed by atoms with Gasteiger partial charge in [0.2, 0.25) is 0 Å². The minimum absolute atomic E-state index is 0.676. The van der Waals surface area contributed by atoms with E-state index in [1.165, 1.54) is 5.39 Å². The summed E-state index contributed by atoms with van der Waals surface area (Å²) in [5.74, 6) is 2.38. The third kappa shape index (κ3) is 4.51. The van der Waals surface area contributed by atoms with Gasteiger partial charge in [0.25, 0.3) is 0 Å². The normalized spacial score (nSPS) is 12.9. The highest BCUT2D eigenvalue weighted by molar-refractivity contribution is 5.87. The molecule has 0 atom stereocenters. The third-order valence-corrected chi connectivity index (χ3v) is 9.42. The Morgan fingerprint density at radius 3 is 1.69 bits per heavy atom. The predicted molar refractivity (Wildman–Crippen MR) is 194 cm³/mol. The van der Waals surface area contributed by atoms with Crippen LogP contribution in [0.25, 0.3) is 44.7 Å². The first-order valence-corrected chi connectivity index (χ1v) is 16.2. The lowest BCUT2D eigenvalue weighted by Gasteiger charge is -2.42. The first-order valence-electron chi connectivity index (χ1n) is 16.2. The number of ether oxygens (including phenoxy) is 1. The summed E-state index contributed by atoms with van der Waals surface area (Å²) < 4.78 is 6.58. The first-order chi connectivity index (χ1) is 23.8. The Hall–Kier alpha value is -6.32. The molecule has 0 aliphatic carbocycles. The highest BCUT2D eigenvalue weighted by atomic mass is 16.5. The maximum Gasteiger partial charge on any atom is 0.160 e. The molecule has 0 saturated heterocycles. The standard InChI is InChI=1S/C45H30N2O/c1-3-16-32(17-4-1)40-30-41(47-44(46-40)34-28-27-31-15-7-8-18-33(31)29-34)36-21-9-10-22-37(36)45(35-19-5-2-6-20-35)38-23-11-13-25-42(38)48-43-26-14-12-24-39(43)45/h1-30H. The Bertz CT molecular complexity index is 2390. The van der Waals surface area contributed by atoms with Gasteiger partial charge in [0.05, 0.1) is 16.8 Å². The fraction of sp³-hybridized carbons (Fsp3) is 0.0222. The van der Waals surface area contributed by atoms with Gasteiger partial charge in [-0.2, -0.15) is 0 Å². The third-order valence-electron chi connectivity index (χ3n) is 9.42. The van der Waals surface area contributed by atoms with Crippen LogP contribution in [0.2, 0.25) is 0 Å². The van der Waals surface area contributed by atoms with Crippen LogP contribution in [0.4, 0.5) is 0 Å². The van der Waals surface area contributed by atoms with Gasteiger partial charge in [-0.1, -0.05) is 158 Å². The van der Waals surface area contributed by atoms with Crippen molar-refractivity contribution in [2.75, 3.05) is 0 Å². The molecule has 0 radical (unpaired) electrons. The number of nitrogens with zero attached hydrogens (tertiary/aromatic N) is 2. The SMILES string of the molecule is c1ccc(-c2cc(-c3ccccc3C3(c4ccccc4)c4ccccc4Oc4ccccc43)nc(-c3ccc4ccccc4c3)n2)cc1. The van der Waals surface area contributed by atoms with Crippen LogP contribution >= 0.6 is 0 Å². The van der Waals surface area contributed by atoms with E-state index in [4.69, 9.17) is 14.7 Å². The number of hydrogen-bond acceptors (Lipinski definition) is 3. The van der Waals surface area contributed by atoms with Crippen molar-refractivity contribution in [1.82, 2.24) is 9.97 Å². The molecule has 3 heteroatoms. The fourth-order valence-corrected chi connectivity index (χ4v) is 7.27. The second kappa shape index (κ2) is 11.5. The van der Waals surface area contributed by atoms with Crippen molar-refractivity contribution in [1.29, 1.82) is 0 Å². The molecule has 0 spiro atoms. The van der Waals surface area contributed by atoms with Gasteiger partial charge in [-0.15, -0.1) is 0 Å². The van der Waals surface area contributed by atoms with E-state index in [9.17, 15) is 0 Å². The average molecular weight is 615 g/mol. The average Bonchev–Trinajstić information content (AvgIpc) is 3.17. The van der Waals surface area contributed by atoms with Crippen molar-refractivity contribution < 1.29 is 4.74 Å². The van der Waals surface area contributed by atoms with Crippen LogP contribution in [0.1, 0.15) is 22.3 Å². The van der Waals surface area contributed by atoms with Crippen LogP contribution in [0.3, 0.4) is 0 Å². The summed E-state index contributed by atoms with van der Waals surface area (Å²) in [4.78, 5) is 10.5. The largest absolute Gasteiger partial charge is 0.457 e. The molecule has 3 nitrogen and oxygen atoms in total. The van der Waals surface area contributed by atoms with Gasteiger partial charge in [-0.25, -0.2) is 9.97 Å². The van der Waals surface area contributed by atoms with Crippen LogP contribution in [0.15, 0.2) is 182 Å². The zero-order valence-electron chi connectivity index (χ0n) is 26.1. The van der Waals surface area contributed by atoms with Gasteiger partial charge < -0.3 is 4.74 Å². The van der Waals surface area contributed by atoms with Crippen molar-refractivity contribution in [3.8, 4) is 45.4 Å². The van der Waals surface area contributed by atoms with E-state index in [0.717, 1.165) is 67.2 Å². The second-order valence-corrected chi connectivity index (χ2v) is 12.1. The lowest BCUT2D eigenvalue weighted by molar-refractivity contribution is 0.434. The fourth-order valence-electron chi connectivity index (χ4n) is 7.27. The van der Waals surface area contributed by atoms with Gasteiger partial charge in [0, 0.05) is 27.8 Å². The highest BCUT2D eigenvalue weighted by Gasteiger charge is 2.46. The summed E-state index contributed by atoms with van der Waals surface area (Å²) in [6.45, 7) is 0. The number of aromatic nitrogens is 2. The van der Waals surface area contributed by atoms with Crippen LogP contribution in [-0.4, -0.2) is 9.97 Å². The van der Waals surface area contributed by atoms with Crippen LogP contribution in [-0.2, 0) is 5.41 Å². The molecular weight excluding hydrogens is 585 g/mol. The molecule has 9 rings (SSSR count). The Morgan fingerprint density at radius 2 is 0.958 bits per heavy atom. The number of fused-ring (bicyclic) bond motifs is 3. The maximum absolute atomic E-state index is 6.58. The van der Waals surface area contributed by atoms with E-state index in [2.05, 4.69) is 164 Å². The summed E-state index contributed by atoms with van der Waals surface area (Å²) >= 11 is 0. The van der Waals surface area contributed by atoms with Crippen molar-refractivity contribution in [3.63, 3.8) is 0 Å². The highest BCUT2D eigenvalue weighted by Crippen LogP contribution is 2.56. The van der Waals surface area contributed by atoms with Gasteiger partial charge in [0.1, 0.15) is 11.5 Å². The van der Waals surface area contributed by atoms with Crippen molar-refractivity contribution in [2.24, 2.45) is 0 Å². The minimum atomic E-state index is -0.676. The number of para-hydroxylation sites is 2. The molecule has 0 unspecified atom stereocenters. The van der Waals surface area contributed by atoms with E-state index in [-0.39, 0.29) is 0 Å². The summed E-state index contributed by atoms with van der Waals surface area (Å²) in [7, 11) is 0. The van der Waals surface area contributed by atoms with Gasteiger partial charge in [-0.3, -0.25) is 0 Å². The van der Waals surface area contributed by atoms with Gasteiger partial charge in [0.15, 0.2) is 5.82 Å². The Labute approximate surface area is 279 Å². The molecule has 2 heterocycles. The first kappa shape index (κ1) is 27.9. The van der Waals surface area contributed by atoms with Gasteiger partial charge in [-0.05, 0) is 46.2 Å². The number of hydrogen-bond donors (Lipinski definition) is 0. The van der Waals surface area contributed by atoms with Crippen LogP contribution in [0, 0.1) is 0 Å². The van der Waals surface area contributed by atoms with E-state index in [1.54, 1.807) is 0 Å². The summed E-state index contributed by atoms with van der Waals surface area (Å²) in [5, 5.41) is 2.34. The van der Waals surface area contributed by atoms with Crippen LogP contribution < -0.4 is 4.74 Å². The number of rotatable bonds is 5. The smallest absolute Gasteiger partial charge is 0.160 e. The lowest BCUT2D eigenvalue weighted by Crippen LogP contribution is -2.34. The molecule has 1 aliphatic heterocycles. The van der Waals surface area contributed by atoms with Crippen molar-refractivity contribution in [2.45, 2.75) is 5.41 Å². The summed E-state index contributed by atoms with van der Waals surface area (Å²) in [5.41, 5.74) is 8.58. The van der Waals surface area contributed by atoms with E-state index in [0.29, 0.717) is 5.82 Å². The predicted octanol–water partition coefficient (Wildman–Crippen LogP) is 11.1. The maximum atomic E-state index is 6.58. The molecule has 8 aromatic rings. The molecule has 0 saturated carbocycles. The Balaban J connectivity index is 1.36. The second-order valence-electron chi connectivity index (χ2n) is 12.1. The van der Waals surface area contributed by atoms with E-state index >= 15 is 0 Å². The molecule has 1 aromatic heterocycles. The molecule has 7 aromatic carbocycles. The monoisotopic (exact) mass is 614 g/mol. The van der Waals surface area contributed by atoms with Crippen LogP contribution in [0.5, 0.6) is 11.5 Å². The van der Waals surface area contributed by atoms with Crippen molar-refractivity contribution >= 4 is 10.8 Å². The topological polar surface area (TPSA) is 35.0 Å². The molecule has 0 bridgehead atoms. The Morgan fingerprint density at radius 1 is 0.396 bits per heavy atom. The quantitative estimate of drug-likeness (QED) is 0.193. The van der Waals surface area contributed by atoms with Crippen molar-refractivity contribution in [3.05, 3.63) is 204 Å². The zero-order valence-corrected chi connectivity index (χ0v) is 26.1. The summed E-state index contributed by atoms with van der Waals surface area (Å²) in [6, 6.07) is 63.7. The molecule has 226 valence electrons. The zero-order chi connectivity index (χ0) is 31.9. The van der Waals surface area contributed by atoms with E-state index < -0.39 is 5.41 Å². The van der Waals surface area contributed by atoms with Gasteiger partial charge >= 0.3 is 0 Å². The lowest BCUT2D eigenvalue weighted by atomic mass is 9.62. The molecule has 0 amide bonds. The summed E-state index contributed by atoms with van der Waals surface area (Å²) in [6.07, 6.45) is 0.